The maximum absolute atomic E-state index is 10.8. The Morgan fingerprint density at radius 1 is 1.33 bits per heavy atom. The van der Waals surface area contributed by atoms with E-state index >= 15 is 0 Å². The molecule has 1 aliphatic heterocycles. The molecule has 1 aromatic rings. The Hall–Kier alpha value is -1.71. The third-order valence-corrected chi connectivity index (χ3v) is 3.73. The van der Waals surface area contributed by atoms with Crippen molar-refractivity contribution in [3.8, 4) is 0 Å². The van der Waals surface area contributed by atoms with E-state index in [9.17, 15) is 4.79 Å². The number of nitrogens with one attached hydrogen (secondary N) is 1. The van der Waals surface area contributed by atoms with Crippen LogP contribution in [0, 0.1) is 13.8 Å². The predicted octanol–water partition coefficient (Wildman–Crippen LogP) is 2.86. The SMILES string of the molecule is Cc1cccc(NC2CCN(C(=O)O)CC2)c1C. The van der Waals surface area contributed by atoms with Crippen LogP contribution < -0.4 is 5.32 Å². The Morgan fingerprint density at radius 2 is 2.00 bits per heavy atom. The van der Waals surface area contributed by atoms with Gasteiger partial charge in [-0.1, -0.05) is 12.1 Å². The summed E-state index contributed by atoms with van der Waals surface area (Å²) in [6.45, 7) is 5.47. The number of aryl methyl sites for hydroxylation is 1. The molecule has 4 heteroatoms. The maximum atomic E-state index is 10.8. The van der Waals surface area contributed by atoms with Gasteiger partial charge in [-0.2, -0.15) is 0 Å². The van der Waals surface area contributed by atoms with E-state index in [4.69, 9.17) is 5.11 Å². The third kappa shape index (κ3) is 2.75. The summed E-state index contributed by atoms with van der Waals surface area (Å²) in [5.41, 5.74) is 3.73. The first kappa shape index (κ1) is 12.7. The highest BCUT2D eigenvalue weighted by atomic mass is 16.4. The van der Waals surface area contributed by atoms with Crippen LogP contribution in [0.5, 0.6) is 0 Å². The number of nitrogens with zero attached hydrogens (tertiary/aromatic N) is 1. The van der Waals surface area contributed by atoms with E-state index in [2.05, 4.69) is 37.4 Å². The van der Waals surface area contributed by atoms with Crippen LogP contribution in [-0.2, 0) is 0 Å². The van der Waals surface area contributed by atoms with Gasteiger partial charge in [0.1, 0.15) is 0 Å². The molecule has 4 nitrogen and oxygen atoms in total. The van der Waals surface area contributed by atoms with Crippen LogP contribution in [0.2, 0.25) is 0 Å². The van der Waals surface area contributed by atoms with Crippen molar-refractivity contribution in [2.24, 2.45) is 0 Å². The van der Waals surface area contributed by atoms with Gasteiger partial charge in [0.2, 0.25) is 0 Å². The van der Waals surface area contributed by atoms with Crippen molar-refractivity contribution in [3.63, 3.8) is 0 Å². The van der Waals surface area contributed by atoms with E-state index in [1.165, 1.54) is 21.7 Å². The molecular weight excluding hydrogens is 228 g/mol. The summed E-state index contributed by atoms with van der Waals surface area (Å²) in [5.74, 6) is 0. The van der Waals surface area contributed by atoms with Crippen LogP contribution >= 0.6 is 0 Å². The highest BCUT2D eigenvalue weighted by Crippen LogP contribution is 2.22. The first-order valence-corrected chi connectivity index (χ1v) is 6.38. The highest BCUT2D eigenvalue weighted by molar-refractivity contribution is 5.65. The molecular formula is C14H20N2O2. The van der Waals surface area contributed by atoms with Gasteiger partial charge in [0.05, 0.1) is 0 Å². The maximum Gasteiger partial charge on any atom is 0.407 e. The number of piperidine rings is 1. The lowest BCUT2D eigenvalue weighted by Crippen LogP contribution is -2.41. The van der Waals surface area contributed by atoms with E-state index in [-0.39, 0.29) is 0 Å². The van der Waals surface area contributed by atoms with Gasteiger partial charge < -0.3 is 15.3 Å². The summed E-state index contributed by atoms with van der Waals surface area (Å²) in [7, 11) is 0. The second-order valence-electron chi connectivity index (χ2n) is 4.94. The first-order valence-electron chi connectivity index (χ1n) is 6.38. The largest absolute Gasteiger partial charge is 0.465 e. The van der Waals surface area contributed by atoms with Crippen molar-refractivity contribution in [2.75, 3.05) is 18.4 Å². The Balaban J connectivity index is 1.96. The van der Waals surface area contributed by atoms with Crippen LogP contribution in [0.4, 0.5) is 10.5 Å². The molecule has 1 fully saturated rings. The minimum absolute atomic E-state index is 0.376. The number of carboxylic acid groups (broad SMARTS) is 1. The zero-order chi connectivity index (χ0) is 13.1. The molecule has 0 saturated carbocycles. The van der Waals surface area contributed by atoms with Crippen molar-refractivity contribution in [2.45, 2.75) is 32.7 Å². The number of hydrogen-bond acceptors (Lipinski definition) is 2. The Morgan fingerprint density at radius 3 is 2.61 bits per heavy atom. The summed E-state index contributed by atoms with van der Waals surface area (Å²) in [4.78, 5) is 12.3. The number of rotatable bonds is 2. The van der Waals surface area contributed by atoms with Crippen LogP contribution in [0.1, 0.15) is 24.0 Å². The fourth-order valence-corrected chi connectivity index (χ4v) is 2.34. The van der Waals surface area contributed by atoms with Gasteiger partial charge in [0.15, 0.2) is 0 Å². The fourth-order valence-electron chi connectivity index (χ4n) is 2.34. The molecule has 0 radical (unpaired) electrons. The Kier molecular flexibility index (Phi) is 3.75. The standard InChI is InChI=1S/C14H20N2O2/c1-10-4-3-5-13(11(10)2)15-12-6-8-16(9-7-12)14(17)18/h3-5,12,15H,6-9H2,1-2H3,(H,17,18). The number of benzene rings is 1. The topological polar surface area (TPSA) is 52.6 Å². The average molecular weight is 248 g/mol. The number of carbonyl (C=O) groups is 1. The van der Waals surface area contributed by atoms with Gasteiger partial charge in [-0.25, -0.2) is 4.79 Å². The third-order valence-electron chi connectivity index (χ3n) is 3.73. The predicted molar refractivity (Wildman–Crippen MR) is 72.2 cm³/mol. The summed E-state index contributed by atoms with van der Waals surface area (Å²) < 4.78 is 0. The molecule has 1 saturated heterocycles. The molecule has 0 unspecified atom stereocenters. The Labute approximate surface area is 108 Å². The minimum Gasteiger partial charge on any atom is -0.465 e. The Bertz CT molecular complexity index is 437. The van der Waals surface area contributed by atoms with Crippen molar-refractivity contribution in [1.82, 2.24) is 4.90 Å². The van der Waals surface area contributed by atoms with Gasteiger partial charge in [-0.3, -0.25) is 0 Å². The molecule has 0 atom stereocenters. The molecule has 2 N–H and O–H groups in total. The van der Waals surface area contributed by atoms with Crippen LogP contribution in [0.3, 0.4) is 0 Å². The lowest BCUT2D eigenvalue weighted by Gasteiger charge is -2.31. The van der Waals surface area contributed by atoms with E-state index in [0.717, 1.165) is 12.8 Å². The number of hydrogen-bond donors (Lipinski definition) is 2. The number of likely N-dealkylation sites (tertiary alicyclic amines) is 1. The lowest BCUT2D eigenvalue weighted by atomic mass is 10.0. The zero-order valence-corrected chi connectivity index (χ0v) is 10.9. The molecule has 0 bridgehead atoms. The summed E-state index contributed by atoms with van der Waals surface area (Å²) in [5, 5.41) is 12.4. The first-order chi connectivity index (χ1) is 8.58. The van der Waals surface area contributed by atoms with Crippen LogP contribution in [0.25, 0.3) is 0 Å². The van der Waals surface area contributed by atoms with Crippen molar-refractivity contribution >= 4 is 11.8 Å². The molecule has 18 heavy (non-hydrogen) atoms. The zero-order valence-electron chi connectivity index (χ0n) is 10.9. The molecule has 1 aromatic carbocycles. The van der Waals surface area contributed by atoms with E-state index < -0.39 is 6.09 Å². The van der Waals surface area contributed by atoms with Gasteiger partial charge in [-0.15, -0.1) is 0 Å². The van der Waals surface area contributed by atoms with Crippen LogP contribution in [-0.4, -0.2) is 35.2 Å². The number of anilines is 1. The number of amides is 1. The van der Waals surface area contributed by atoms with Gasteiger partial charge in [0, 0.05) is 24.8 Å². The summed E-state index contributed by atoms with van der Waals surface area (Å²) in [6.07, 6.45) is 0.944. The molecule has 0 aliphatic carbocycles. The molecule has 1 amide bonds. The smallest absolute Gasteiger partial charge is 0.407 e. The normalized spacial score (nSPS) is 16.7. The highest BCUT2D eigenvalue weighted by Gasteiger charge is 2.22. The van der Waals surface area contributed by atoms with Gasteiger partial charge >= 0.3 is 6.09 Å². The molecule has 1 heterocycles. The van der Waals surface area contributed by atoms with Crippen LogP contribution in [0.15, 0.2) is 18.2 Å². The molecule has 2 rings (SSSR count). The molecule has 1 aliphatic rings. The minimum atomic E-state index is -0.805. The fraction of sp³-hybridized carbons (Fsp3) is 0.500. The van der Waals surface area contributed by atoms with E-state index in [1.54, 1.807) is 0 Å². The molecule has 98 valence electrons. The summed E-state index contributed by atoms with van der Waals surface area (Å²) in [6, 6.07) is 6.62. The second-order valence-corrected chi connectivity index (χ2v) is 4.94. The van der Waals surface area contributed by atoms with E-state index in [1.807, 2.05) is 0 Å². The second kappa shape index (κ2) is 5.29. The quantitative estimate of drug-likeness (QED) is 0.846. The molecule has 0 spiro atoms. The molecule has 0 aromatic heterocycles. The van der Waals surface area contributed by atoms with Crippen molar-refractivity contribution < 1.29 is 9.90 Å². The van der Waals surface area contributed by atoms with E-state index in [0.29, 0.717) is 19.1 Å². The van der Waals surface area contributed by atoms with Crippen molar-refractivity contribution in [1.29, 1.82) is 0 Å². The average Bonchev–Trinajstić information content (AvgIpc) is 2.36. The van der Waals surface area contributed by atoms with Gasteiger partial charge in [-0.05, 0) is 43.9 Å². The van der Waals surface area contributed by atoms with Gasteiger partial charge in [0.25, 0.3) is 0 Å². The van der Waals surface area contributed by atoms with Crippen molar-refractivity contribution in [3.05, 3.63) is 29.3 Å². The monoisotopic (exact) mass is 248 g/mol. The summed E-state index contributed by atoms with van der Waals surface area (Å²) >= 11 is 0. The lowest BCUT2D eigenvalue weighted by molar-refractivity contribution is 0.134.